The Labute approximate surface area is 142 Å². The molecule has 0 unspecified atom stereocenters. The molecule has 24 heavy (non-hydrogen) atoms. The number of benzene rings is 2. The van der Waals surface area contributed by atoms with Gasteiger partial charge in [-0.2, -0.15) is 4.39 Å². The van der Waals surface area contributed by atoms with Gasteiger partial charge in [-0.15, -0.1) is 0 Å². The van der Waals surface area contributed by atoms with Crippen LogP contribution in [0.1, 0.15) is 5.56 Å². The van der Waals surface area contributed by atoms with Gasteiger partial charge in [0.25, 0.3) is 10.0 Å². The van der Waals surface area contributed by atoms with E-state index in [2.05, 4.69) is 0 Å². The predicted octanol–water partition coefficient (Wildman–Crippen LogP) is 3.87. The Hall–Kier alpha value is -1.92. The van der Waals surface area contributed by atoms with Crippen molar-refractivity contribution in [1.82, 2.24) is 3.97 Å². The van der Waals surface area contributed by atoms with Gasteiger partial charge in [0.1, 0.15) is 0 Å². The number of para-hydroxylation sites is 1. The van der Waals surface area contributed by atoms with Crippen molar-refractivity contribution in [3.8, 4) is 0 Å². The molecule has 0 fully saturated rings. The molecule has 2 aromatic carbocycles. The molecule has 0 atom stereocenters. The maximum absolute atomic E-state index is 15.3. The lowest BCUT2D eigenvalue weighted by molar-refractivity contribution is 0.549. The number of halogens is 1. The minimum Gasteiger partial charge on any atom is -0.208 e. The molecule has 3 aromatic rings. The van der Waals surface area contributed by atoms with Gasteiger partial charge in [0.15, 0.2) is 0 Å². The summed E-state index contributed by atoms with van der Waals surface area (Å²) in [4.78, 5) is 0.0925. The van der Waals surface area contributed by atoms with Crippen LogP contribution in [-0.4, -0.2) is 20.5 Å². The summed E-state index contributed by atoms with van der Waals surface area (Å²) in [5.41, 5.74) is 1.35. The lowest BCUT2D eigenvalue weighted by Gasteiger charge is -2.15. The molecule has 0 N–H and O–H groups in total. The van der Waals surface area contributed by atoms with Crippen molar-refractivity contribution >= 4 is 34.2 Å². The second-order valence-corrected chi connectivity index (χ2v) is 13.8. The van der Waals surface area contributed by atoms with Crippen molar-refractivity contribution in [3.05, 3.63) is 60.0 Å². The number of hydrogen-bond donors (Lipinski definition) is 0. The maximum Gasteiger partial charge on any atom is 0.270 e. The lowest BCUT2D eigenvalue weighted by Crippen LogP contribution is -2.40. The van der Waals surface area contributed by atoms with Crippen molar-refractivity contribution in [3.63, 3.8) is 0 Å². The van der Waals surface area contributed by atoms with Crippen LogP contribution in [0.3, 0.4) is 0 Å². The smallest absolute Gasteiger partial charge is 0.208 e. The van der Waals surface area contributed by atoms with E-state index in [-0.39, 0.29) is 4.90 Å². The quantitative estimate of drug-likeness (QED) is 0.664. The molecule has 0 aliphatic carbocycles. The highest BCUT2D eigenvalue weighted by molar-refractivity contribution is 7.90. The highest BCUT2D eigenvalue weighted by Gasteiger charge is 2.32. The molecule has 0 saturated heterocycles. The van der Waals surface area contributed by atoms with Crippen LogP contribution in [0.4, 0.5) is 4.39 Å². The Morgan fingerprint density at radius 1 is 0.958 bits per heavy atom. The SMILES string of the molecule is Cc1ccc(S(=O)(=O)n2c(F)c([Si](C)(C)C)c3ccccc32)cc1. The van der Waals surface area contributed by atoms with E-state index in [1.165, 1.54) is 12.1 Å². The molecular weight excluding hydrogens is 341 g/mol. The molecule has 0 saturated carbocycles. The van der Waals surface area contributed by atoms with Crippen molar-refractivity contribution < 1.29 is 12.8 Å². The third-order valence-electron chi connectivity index (χ3n) is 4.09. The number of hydrogen-bond acceptors (Lipinski definition) is 2. The highest BCUT2D eigenvalue weighted by Crippen LogP contribution is 2.26. The summed E-state index contributed by atoms with van der Waals surface area (Å²) in [6, 6.07) is 13.5. The van der Waals surface area contributed by atoms with Crippen LogP contribution < -0.4 is 5.19 Å². The van der Waals surface area contributed by atoms with Gasteiger partial charge in [-0.3, -0.25) is 0 Å². The molecule has 0 aliphatic heterocycles. The minimum atomic E-state index is -3.99. The average molecular weight is 362 g/mol. The molecule has 0 aliphatic rings. The van der Waals surface area contributed by atoms with Crippen LogP contribution in [-0.2, 0) is 10.0 Å². The van der Waals surface area contributed by atoms with Gasteiger partial charge in [0.05, 0.1) is 18.5 Å². The summed E-state index contributed by atoms with van der Waals surface area (Å²) < 4.78 is 42.2. The summed E-state index contributed by atoms with van der Waals surface area (Å²) in [6.45, 7) is 7.92. The molecular formula is C18H20FNO2SSi. The first kappa shape index (κ1) is 16.9. The fourth-order valence-corrected chi connectivity index (χ4v) is 6.19. The van der Waals surface area contributed by atoms with Crippen molar-refractivity contribution in [1.29, 1.82) is 0 Å². The first-order valence-electron chi connectivity index (χ1n) is 7.75. The molecule has 0 spiro atoms. The first-order valence-corrected chi connectivity index (χ1v) is 12.7. The van der Waals surface area contributed by atoms with Gasteiger partial charge in [-0.1, -0.05) is 55.5 Å². The van der Waals surface area contributed by atoms with Crippen LogP contribution in [0.15, 0.2) is 53.4 Å². The van der Waals surface area contributed by atoms with Gasteiger partial charge in [-0.05, 0) is 25.1 Å². The zero-order valence-corrected chi connectivity index (χ0v) is 16.0. The summed E-state index contributed by atoms with van der Waals surface area (Å²) in [5, 5.41) is 1.23. The van der Waals surface area contributed by atoms with Gasteiger partial charge in [0.2, 0.25) is 5.95 Å². The van der Waals surface area contributed by atoms with Crippen LogP contribution in [0.25, 0.3) is 10.9 Å². The van der Waals surface area contributed by atoms with Crippen molar-refractivity contribution in [2.24, 2.45) is 0 Å². The zero-order valence-electron chi connectivity index (χ0n) is 14.2. The molecule has 1 heterocycles. The third-order valence-corrected chi connectivity index (χ3v) is 7.77. The van der Waals surface area contributed by atoms with E-state index in [1.807, 2.05) is 32.6 Å². The topological polar surface area (TPSA) is 39.1 Å². The number of rotatable bonds is 3. The van der Waals surface area contributed by atoms with E-state index < -0.39 is 24.0 Å². The van der Waals surface area contributed by atoms with E-state index in [9.17, 15) is 8.42 Å². The number of nitrogens with zero attached hydrogens (tertiary/aromatic N) is 1. The summed E-state index contributed by atoms with van der Waals surface area (Å²) in [7, 11) is -6.06. The van der Waals surface area contributed by atoms with E-state index in [4.69, 9.17) is 0 Å². The van der Waals surface area contributed by atoms with E-state index in [1.54, 1.807) is 30.3 Å². The number of aryl methyl sites for hydroxylation is 1. The second kappa shape index (κ2) is 5.56. The zero-order chi connectivity index (χ0) is 17.7. The van der Waals surface area contributed by atoms with Gasteiger partial charge >= 0.3 is 0 Å². The largest absolute Gasteiger partial charge is 0.270 e. The van der Waals surface area contributed by atoms with Gasteiger partial charge in [0, 0.05) is 10.6 Å². The van der Waals surface area contributed by atoms with Crippen LogP contribution in [0, 0.1) is 12.9 Å². The molecule has 3 nitrogen and oxygen atoms in total. The lowest BCUT2D eigenvalue weighted by atomic mass is 10.2. The molecule has 1 aromatic heterocycles. The number of fused-ring (bicyclic) bond motifs is 1. The molecule has 0 bridgehead atoms. The molecule has 6 heteroatoms. The van der Waals surface area contributed by atoms with Crippen molar-refractivity contribution in [2.45, 2.75) is 31.5 Å². The summed E-state index contributed by atoms with van der Waals surface area (Å²) in [5.74, 6) is -0.657. The van der Waals surface area contributed by atoms with Crippen LogP contribution in [0.5, 0.6) is 0 Å². The third kappa shape index (κ3) is 2.59. The maximum atomic E-state index is 15.3. The molecule has 0 radical (unpaired) electrons. The Morgan fingerprint density at radius 3 is 2.12 bits per heavy atom. The van der Waals surface area contributed by atoms with E-state index in [0.717, 1.165) is 9.54 Å². The fourth-order valence-electron chi connectivity index (χ4n) is 2.94. The van der Waals surface area contributed by atoms with Gasteiger partial charge in [-0.25, -0.2) is 12.4 Å². The first-order chi connectivity index (χ1) is 11.1. The van der Waals surface area contributed by atoms with Gasteiger partial charge < -0.3 is 0 Å². The monoisotopic (exact) mass is 361 g/mol. The highest BCUT2D eigenvalue weighted by atomic mass is 32.2. The molecule has 0 amide bonds. The summed E-state index contributed by atoms with van der Waals surface area (Å²) in [6.07, 6.45) is 0. The average Bonchev–Trinajstić information content (AvgIpc) is 2.79. The Bertz CT molecular complexity index is 1020. The molecule has 3 rings (SSSR count). The Balaban J connectivity index is 2.39. The standard InChI is InChI=1S/C18H20FNO2SSi/c1-13-9-11-14(12-10-13)23(21,22)20-16-8-6-5-7-15(16)17(18(20)19)24(2,3)4/h5-12H,1-4H3. The van der Waals surface area contributed by atoms with E-state index in [0.29, 0.717) is 16.1 Å². The predicted molar refractivity (Wildman–Crippen MR) is 98.6 cm³/mol. The minimum absolute atomic E-state index is 0.0925. The molecule has 126 valence electrons. The number of aromatic nitrogens is 1. The fraction of sp³-hybridized carbons (Fsp3) is 0.222. The van der Waals surface area contributed by atoms with Crippen molar-refractivity contribution in [2.75, 3.05) is 0 Å². The Morgan fingerprint density at radius 2 is 1.54 bits per heavy atom. The van der Waals surface area contributed by atoms with E-state index >= 15 is 4.39 Å². The normalized spacial score (nSPS) is 12.7. The second-order valence-electron chi connectivity index (χ2n) is 7.02. The van der Waals surface area contributed by atoms with Crippen LogP contribution in [0.2, 0.25) is 19.6 Å². The summed E-state index contributed by atoms with van der Waals surface area (Å²) >= 11 is 0. The van der Waals surface area contributed by atoms with Crippen LogP contribution >= 0.6 is 0 Å². The Kier molecular flexibility index (Phi) is 3.92.